The van der Waals surface area contributed by atoms with Gasteiger partial charge in [0.1, 0.15) is 12.4 Å². The van der Waals surface area contributed by atoms with E-state index in [0.717, 1.165) is 29.1 Å². The average molecular weight is 367 g/mol. The van der Waals surface area contributed by atoms with Gasteiger partial charge in [-0.05, 0) is 37.9 Å². The van der Waals surface area contributed by atoms with Gasteiger partial charge in [-0.1, -0.05) is 30.3 Å². The normalized spacial score (nSPS) is 16.5. The molecule has 0 unspecified atom stereocenters. The van der Waals surface area contributed by atoms with Crippen molar-refractivity contribution in [3.63, 3.8) is 0 Å². The fraction of sp³-hybridized carbons (Fsp3) is 0.409. The summed E-state index contributed by atoms with van der Waals surface area (Å²) in [5.74, 6) is 1.02. The van der Waals surface area contributed by atoms with Crippen LogP contribution in [0, 0.1) is 0 Å². The zero-order chi connectivity index (χ0) is 19.4. The number of anilines is 1. The molecule has 0 bridgehead atoms. The lowest BCUT2D eigenvalue weighted by molar-refractivity contribution is -0.134. The molecule has 0 fully saturated rings. The summed E-state index contributed by atoms with van der Waals surface area (Å²) in [5, 5.41) is 0. The molecule has 2 aromatic carbocycles. The van der Waals surface area contributed by atoms with Gasteiger partial charge in [0.15, 0.2) is 0 Å². The topological polar surface area (TPSA) is 36.0 Å². The molecular weight excluding hydrogens is 338 g/mol. The summed E-state index contributed by atoms with van der Waals surface area (Å²) >= 11 is 0. The molecule has 27 heavy (non-hydrogen) atoms. The number of amides is 1. The summed E-state index contributed by atoms with van der Waals surface area (Å²) in [6, 6.07) is 16.2. The van der Waals surface area contributed by atoms with Crippen LogP contribution in [0.3, 0.4) is 0 Å². The van der Waals surface area contributed by atoms with Crippen molar-refractivity contribution in [2.45, 2.75) is 19.0 Å². The number of rotatable bonds is 5. The van der Waals surface area contributed by atoms with Crippen LogP contribution in [0.1, 0.15) is 11.1 Å². The Kier molecular flexibility index (Phi) is 6.01. The van der Waals surface area contributed by atoms with Crippen molar-refractivity contribution in [1.29, 1.82) is 0 Å². The quantitative estimate of drug-likeness (QED) is 0.814. The highest BCUT2D eigenvalue weighted by Gasteiger charge is 2.29. The number of likely N-dealkylation sites (N-methyl/N-ethyl adjacent to an activating group) is 1. The largest absolute Gasteiger partial charge is 0.491 e. The van der Waals surface area contributed by atoms with Crippen LogP contribution in [0.2, 0.25) is 0 Å². The Morgan fingerprint density at radius 3 is 2.44 bits per heavy atom. The summed E-state index contributed by atoms with van der Waals surface area (Å²) in [6.07, 6.45) is 0.403. The van der Waals surface area contributed by atoms with Crippen LogP contribution in [0.15, 0.2) is 48.5 Å². The van der Waals surface area contributed by atoms with Gasteiger partial charge in [0.2, 0.25) is 5.91 Å². The Morgan fingerprint density at radius 1 is 1.07 bits per heavy atom. The lowest BCUT2D eigenvalue weighted by Crippen LogP contribution is -2.47. The SMILES string of the molecule is CN(C)C[C@H]1COc2ccccc2CN1C(=O)Cc1ccc(N(C)C)cc1. The van der Waals surface area contributed by atoms with Gasteiger partial charge in [-0.25, -0.2) is 0 Å². The molecule has 1 aliphatic rings. The highest BCUT2D eigenvalue weighted by atomic mass is 16.5. The van der Waals surface area contributed by atoms with E-state index in [1.54, 1.807) is 0 Å². The zero-order valence-electron chi connectivity index (χ0n) is 16.7. The van der Waals surface area contributed by atoms with Crippen molar-refractivity contribution < 1.29 is 9.53 Å². The van der Waals surface area contributed by atoms with Crippen molar-refractivity contribution in [3.05, 3.63) is 59.7 Å². The molecule has 3 rings (SSSR count). The van der Waals surface area contributed by atoms with Crippen molar-refractivity contribution in [3.8, 4) is 5.75 Å². The molecule has 2 aromatic rings. The van der Waals surface area contributed by atoms with Gasteiger partial charge in [0.05, 0.1) is 12.5 Å². The first-order valence-corrected chi connectivity index (χ1v) is 9.35. The minimum atomic E-state index is 0.0287. The Morgan fingerprint density at radius 2 is 1.78 bits per heavy atom. The first kappa shape index (κ1) is 19.2. The summed E-state index contributed by atoms with van der Waals surface area (Å²) in [4.78, 5) is 19.3. The van der Waals surface area contributed by atoms with Gasteiger partial charge >= 0.3 is 0 Å². The number of nitrogens with zero attached hydrogens (tertiary/aromatic N) is 3. The number of hydrogen-bond donors (Lipinski definition) is 0. The molecular formula is C22H29N3O2. The maximum absolute atomic E-state index is 13.2. The number of carbonyl (C=O) groups excluding carboxylic acids is 1. The van der Waals surface area contributed by atoms with E-state index in [0.29, 0.717) is 19.6 Å². The second-order valence-electron chi connectivity index (χ2n) is 7.59. The lowest BCUT2D eigenvalue weighted by atomic mass is 10.1. The third-order valence-corrected chi connectivity index (χ3v) is 4.89. The third-order valence-electron chi connectivity index (χ3n) is 4.89. The first-order chi connectivity index (χ1) is 12.9. The van der Waals surface area contributed by atoms with E-state index in [4.69, 9.17) is 4.74 Å². The monoisotopic (exact) mass is 367 g/mol. The molecule has 1 aliphatic heterocycles. The van der Waals surface area contributed by atoms with Crippen molar-refractivity contribution in [1.82, 2.24) is 9.80 Å². The average Bonchev–Trinajstić information content (AvgIpc) is 2.81. The second-order valence-corrected chi connectivity index (χ2v) is 7.59. The highest BCUT2D eigenvalue weighted by molar-refractivity contribution is 5.79. The lowest BCUT2D eigenvalue weighted by Gasteiger charge is -2.31. The molecule has 0 aliphatic carbocycles. The smallest absolute Gasteiger partial charge is 0.227 e. The maximum atomic E-state index is 13.2. The van der Waals surface area contributed by atoms with Crippen molar-refractivity contribution in [2.75, 3.05) is 46.2 Å². The highest BCUT2D eigenvalue weighted by Crippen LogP contribution is 2.25. The van der Waals surface area contributed by atoms with Crippen molar-refractivity contribution in [2.24, 2.45) is 0 Å². The van der Waals surface area contributed by atoms with E-state index in [-0.39, 0.29) is 11.9 Å². The fourth-order valence-electron chi connectivity index (χ4n) is 3.42. The number of ether oxygens (including phenoxy) is 1. The van der Waals surface area contributed by atoms with Crippen LogP contribution in [-0.2, 0) is 17.8 Å². The molecule has 1 amide bonds. The molecule has 0 radical (unpaired) electrons. The van der Waals surface area contributed by atoms with Gasteiger partial charge in [0, 0.05) is 38.4 Å². The van der Waals surface area contributed by atoms with Gasteiger partial charge in [-0.3, -0.25) is 4.79 Å². The Balaban J connectivity index is 1.79. The predicted octanol–water partition coefficient (Wildman–Crippen LogP) is 2.65. The summed E-state index contributed by atoms with van der Waals surface area (Å²) in [7, 11) is 8.09. The van der Waals surface area contributed by atoms with E-state index in [2.05, 4.69) is 21.9 Å². The van der Waals surface area contributed by atoms with E-state index in [1.165, 1.54) is 0 Å². The van der Waals surface area contributed by atoms with E-state index in [1.807, 2.05) is 69.5 Å². The third kappa shape index (κ3) is 4.80. The first-order valence-electron chi connectivity index (χ1n) is 9.35. The molecule has 5 nitrogen and oxygen atoms in total. The Hall–Kier alpha value is -2.53. The molecule has 5 heteroatoms. The standard InChI is InChI=1S/C22H29N3O2/c1-23(2)15-20-16-27-21-8-6-5-7-18(21)14-25(20)22(26)13-17-9-11-19(12-10-17)24(3)4/h5-12,20H,13-16H2,1-4H3/t20-/m0/s1. The number of para-hydroxylation sites is 1. The van der Waals surface area contributed by atoms with Crippen molar-refractivity contribution >= 4 is 11.6 Å². The number of fused-ring (bicyclic) bond motifs is 1. The summed E-state index contributed by atoms with van der Waals surface area (Å²) in [5.41, 5.74) is 3.23. The number of carbonyl (C=O) groups is 1. The van der Waals surface area contributed by atoms with Crippen LogP contribution < -0.4 is 9.64 Å². The number of benzene rings is 2. The number of hydrogen-bond acceptors (Lipinski definition) is 4. The molecule has 0 saturated carbocycles. The van der Waals surface area contributed by atoms with Crippen LogP contribution in [0.25, 0.3) is 0 Å². The minimum Gasteiger partial charge on any atom is -0.491 e. The Labute approximate surface area is 162 Å². The maximum Gasteiger partial charge on any atom is 0.227 e. The zero-order valence-corrected chi connectivity index (χ0v) is 16.7. The second kappa shape index (κ2) is 8.44. The van der Waals surface area contributed by atoms with E-state index < -0.39 is 0 Å². The van der Waals surface area contributed by atoms with Gasteiger partial charge < -0.3 is 19.4 Å². The molecule has 0 N–H and O–H groups in total. The van der Waals surface area contributed by atoms with Gasteiger partial charge in [-0.2, -0.15) is 0 Å². The summed E-state index contributed by atoms with van der Waals surface area (Å²) in [6.45, 7) is 1.88. The molecule has 1 atom stereocenters. The predicted molar refractivity (Wildman–Crippen MR) is 109 cm³/mol. The van der Waals surface area contributed by atoms with Crippen LogP contribution in [0.5, 0.6) is 5.75 Å². The fourth-order valence-corrected chi connectivity index (χ4v) is 3.42. The molecule has 0 aromatic heterocycles. The molecule has 144 valence electrons. The van der Waals surface area contributed by atoms with Crippen LogP contribution in [0.4, 0.5) is 5.69 Å². The van der Waals surface area contributed by atoms with E-state index in [9.17, 15) is 4.79 Å². The minimum absolute atomic E-state index is 0.0287. The molecule has 0 saturated heterocycles. The molecule has 0 spiro atoms. The van der Waals surface area contributed by atoms with Gasteiger partial charge in [-0.15, -0.1) is 0 Å². The van der Waals surface area contributed by atoms with Crippen LogP contribution >= 0.6 is 0 Å². The molecule has 1 heterocycles. The van der Waals surface area contributed by atoms with Gasteiger partial charge in [0.25, 0.3) is 0 Å². The summed E-state index contributed by atoms with van der Waals surface area (Å²) < 4.78 is 6.01. The van der Waals surface area contributed by atoms with Crippen LogP contribution in [-0.4, -0.2) is 63.1 Å². The van der Waals surface area contributed by atoms with E-state index >= 15 is 0 Å². The Bertz CT molecular complexity index is 771.